The molecule has 1 aromatic rings. The molecule has 1 saturated heterocycles. The van der Waals surface area contributed by atoms with Gasteiger partial charge in [0.1, 0.15) is 5.75 Å². The second-order valence-electron chi connectivity index (χ2n) is 4.68. The topological polar surface area (TPSA) is 35.5 Å². The van der Waals surface area contributed by atoms with Crippen LogP contribution in [0.5, 0.6) is 5.75 Å². The molecule has 100 valence electrons. The van der Waals surface area contributed by atoms with Crippen LogP contribution in [-0.2, 0) is 6.54 Å². The molecule has 5 heteroatoms. The minimum Gasteiger partial charge on any atom is -0.507 e. The quantitative estimate of drug-likeness (QED) is 0.868. The lowest BCUT2D eigenvalue weighted by Crippen LogP contribution is -2.42. The van der Waals surface area contributed by atoms with Gasteiger partial charge in [0.2, 0.25) is 0 Å². The molecular formula is C13H18F2N2O. The van der Waals surface area contributed by atoms with E-state index in [0.29, 0.717) is 12.1 Å². The van der Waals surface area contributed by atoms with Gasteiger partial charge >= 0.3 is 0 Å². The van der Waals surface area contributed by atoms with Crippen LogP contribution in [0.2, 0.25) is 0 Å². The Bertz CT molecular complexity index is 418. The first-order valence-electron chi connectivity index (χ1n) is 6.11. The van der Waals surface area contributed by atoms with Gasteiger partial charge < -0.3 is 10.4 Å². The molecule has 0 unspecified atom stereocenters. The van der Waals surface area contributed by atoms with E-state index in [0.717, 1.165) is 31.7 Å². The Kier molecular flexibility index (Phi) is 4.14. The Morgan fingerprint density at radius 1 is 1.33 bits per heavy atom. The Morgan fingerprint density at radius 2 is 2.00 bits per heavy atom. The van der Waals surface area contributed by atoms with Crippen molar-refractivity contribution in [1.29, 1.82) is 0 Å². The van der Waals surface area contributed by atoms with Gasteiger partial charge in [-0.25, -0.2) is 8.78 Å². The van der Waals surface area contributed by atoms with Gasteiger partial charge in [-0.3, -0.25) is 4.90 Å². The number of aryl methyl sites for hydroxylation is 1. The van der Waals surface area contributed by atoms with E-state index in [2.05, 4.69) is 10.2 Å². The molecule has 2 N–H and O–H groups in total. The third kappa shape index (κ3) is 2.97. The molecule has 18 heavy (non-hydrogen) atoms. The molecule has 0 spiro atoms. The minimum absolute atomic E-state index is 0.264. The third-order valence-corrected chi connectivity index (χ3v) is 3.24. The number of phenols is 1. The number of benzene rings is 1. The smallest absolute Gasteiger partial charge is 0.267 e. The monoisotopic (exact) mass is 256 g/mol. The van der Waals surface area contributed by atoms with Gasteiger partial charge in [-0.2, -0.15) is 0 Å². The lowest BCUT2D eigenvalue weighted by molar-refractivity contribution is 0.147. The number of phenolic OH excluding ortho intramolecular Hbond substituents is 1. The maximum atomic E-state index is 12.8. The number of piperazine rings is 1. The normalized spacial score (nSPS) is 17.3. The van der Waals surface area contributed by atoms with Gasteiger partial charge in [0.05, 0.1) is 5.56 Å². The molecule has 0 atom stereocenters. The fourth-order valence-electron chi connectivity index (χ4n) is 2.27. The molecular weight excluding hydrogens is 238 g/mol. The maximum Gasteiger partial charge on any atom is 0.267 e. The van der Waals surface area contributed by atoms with Gasteiger partial charge in [0, 0.05) is 32.7 Å². The summed E-state index contributed by atoms with van der Waals surface area (Å²) in [7, 11) is 0. The lowest BCUT2D eigenvalue weighted by Gasteiger charge is -2.27. The van der Waals surface area contributed by atoms with E-state index in [9.17, 15) is 13.9 Å². The zero-order chi connectivity index (χ0) is 13.1. The molecule has 1 heterocycles. The van der Waals surface area contributed by atoms with Crippen LogP contribution in [-0.4, -0.2) is 36.2 Å². The number of halogens is 2. The van der Waals surface area contributed by atoms with Crippen LogP contribution in [0.1, 0.15) is 23.1 Å². The zero-order valence-electron chi connectivity index (χ0n) is 10.4. The standard InChI is InChI=1S/C13H18F2N2O/c1-9-6-10(7-11(12(9)18)13(14)15)8-17-4-2-16-3-5-17/h6-7,13,16,18H,2-5,8H2,1H3. The van der Waals surface area contributed by atoms with E-state index in [1.54, 1.807) is 13.0 Å². The highest BCUT2D eigenvalue weighted by molar-refractivity contribution is 5.43. The summed E-state index contributed by atoms with van der Waals surface area (Å²) < 4.78 is 25.6. The van der Waals surface area contributed by atoms with Crippen molar-refractivity contribution < 1.29 is 13.9 Å². The number of nitrogens with one attached hydrogen (secondary N) is 1. The summed E-state index contributed by atoms with van der Waals surface area (Å²) in [5.74, 6) is -0.283. The second-order valence-corrected chi connectivity index (χ2v) is 4.68. The molecule has 1 aliphatic heterocycles. The summed E-state index contributed by atoms with van der Waals surface area (Å²) in [5, 5.41) is 12.8. The van der Waals surface area contributed by atoms with Gasteiger partial charge in [-0.1, -0.05) is 6.07 Å². The highest BCUT2D eigenvalue weighted by atomic mass is 19.3. The number of hydrogen-bond donors (Lipinski definition) is 2. The number of nitrogens with zero attached hydrogens (tertiary/aromatic N) is 1. The van der Waals surface area contributed by atoms with E-state index in [1.165, 1.54) is 6.07 Å². The molecule has 0 saturated carbocycles. The molecule has 1 aromatic carbocycles. The van der Waals surface area contributed by atoms with Crippen molar-refractivity contribution in [3.63, 3.8) is 0 Å². The number of alkyl halides is 2. The van der Waals surface area contributed by atoms with Gasteiger partial charge in [0.15, 0.2) is 0 Å². The Morgan fingerprint density at radius 3 is 2.61 bits per heavy atom. The van der Waals surface area contributed by atoms with Crippen molar-refractivity contribution in [3.8, 4) is 5.75 Å². The van der Waals surface area contributed by atoms with Gasteiger partial charge in [-0.05, 0) is 24.1 Å². The van der Waals surface area contributed by atoms with Gasteiger partial charge in [-0.15, -0.1) is 0 Å². The van der Waals surface area contributed by atoms with E-state index < -0.39 is 6.43 Å². The SMILES string of the molecule is Cc1cc(CN2CCNCC2)cc(C(F)F)c1O. The second kappa shape index (κ2) is 5.63. The van der Waals surface area contributed by atoms with Crippen LogP contribution in [0.4, 0.5) is 8.78 Å². The predicted octanol–water partition coefficient (Wildman–Crippen LogP) is 2.04. The van der Waals surface area contributed by atoms with Crippen LogP contribution < -0.4 is 5.32 Å². The summed E-state index contributed by atoms with van der Waals surface area (Å²) in [4.78, 5) is 2.22. The summed E-state index contributed by atoms with van der Waals surface area (Å²) in [5.41, 5.74) is 1.08. The summed E-state index contributed by atoms with van der Waals surface area (Å²) in [6, 6.07) is 3.19. The van der Waals surface area contributed by atoms with Crippen LogP contribution in [0.15, 0.2) is 12.1 Å². The van der Waals surface area contributed by atoms with Crippen molar-refractivity contribution in [2.45, 2.75) is 19.9 Å². The van der Waals surface area contributed by atoms with E-state index in [-0.39, 0.29) is 11.3 Å². The fourth-order valence-corrected chi connectivity index (χ4v) is 2.27. The van der Waals surface area contributed by atoms with Crippen molar-refractivity contribution in [3.05, 3.63) is 28.8 Å². The minimum atomic E-state index is -2.63. The first-order valence-corrected chi connectivity index (χ1v) is 6.11. The first kappa shape index (κ1) is 13.2. The Labute approximate surface area is 105 Å². The molecule has 0 radical (unpaired) electrons. The summed E-state index contributed by atoms with van der Waals surface area (Å²) >= 11 is 0. The first-order chi connectivity index (χ1) is 8.58. The number of aromatic hydroxyl groups is 1. The maximum absolute atomic E-state index is 12.8. The molecule has 0 bridgehead atoms. The Balaban J connectivity index is 2.17. The molecule has 0 aliphatic carbocycles. The van der Waals surface area contributed by atoms with Gasteiger partial charge in [0.25, 0.3) is 6.43 Å². The summed E-state index contributed by atoms with van der Waals surface area (Å²) in [6.45, 7) is 6.01. The van der Waals surface area contributed by atoms with Crippen LogP contribution in [0.3, 0.4) is 0 Å². The number of hydrogen-bond acceptors (Lipinski definition) is 3. The van der Waals surface area contributed by atoms with E-state index >= 15 is 0 Å². The molecule has 1 aliphatic rings. The van der Waals surface area contributed by atoms with E-state index in [4.69, 9.17) is 0 Å². The van der Waals surface area contributed by atoms with Crippen molar-refractivity contribution in [2.75, 3.05) is 26.2 Å². The summed E-state index contributed by atoms with van der Waals surface area (Å²) in [6.07, 6.45) is -2.63. The Hall–Kier alpha value is -1.20. The van der Waals surface area contributed by atoms with Crippen molar-refractivity contribution in [1.82, 2.24) is 10.2 Å². The average molecular weight is 256 g/mol. The molecule has 1 fully saturated rings. The average Bonchev–Trinajstić information content (AvgIpc) is 2.34. The highest BCUT2D eigenvalue weighted by Crippen LogP contribution is 2.32. The molecule has 0 aromatic heterocycles. The molecule has 3 nitrogen and oxygen atoms in total. The van der Waals surface area contributed by atoms with Crippen molar-refractivity contribution in [2.24, 2.45) is 0 Å². The fraction of sp³-hybridized carbons (Fsp3) is 0.538. The zero-order valence-corrected chi connectivity index (χ0v) is 10.4. The number of rotatable bonds is 3. The molecule has 0 amide bonds. The van der Waals surface area contributed by atoms with Crippen LogP contribution in [0.25, 0.3) is 0 Å². The van der Waals surface area contributed by atoms with Crippen molar-refractivity contribution >= 4 is 0 Å². The third-order valence-electron chi connectivity index (χ3n) is 3.24. The van der Waals surface area contributed by atoms with Crippen LogP contribution >= 0.6 is 0 Å². The predicted molar refractivity (Wildman–Crippen MR) is 65.9 cm³/mol. The highest BCUT2D eigenvalue weighted by Gasteiger charge is 2.17. The molecule has 2 rings (SSSR count). The largest absolute Gasteiger partial charge is 0.507 e. The van der Waals surface area contributed by atoms with Crippen LogP contribution in [0, 0.1) is 6.92 Å². The van der Waals surface area contributed by atoms with E-state index in [1.807, 2.05) is 0 Å². The lowest BCUT2D eigenvalue weighted by atomic mass is 10.0.